The average molecular weight is 312 g/mol. The second-order valence-corrected chi connectivity index (χ2v) is 6.45. The average Bonchev–Trinajstić information content (AvgIpc) is 2.96. The molecule has 18 heavy (non-hydrogen) atoms. The molecule has 4 nitrogen and oxygen atoms in total. The van der Waals surface area contributed by atoms with Crippen LogP contribution >= 0.6 is 15.9 Å². The first-order chi connectivity index (χ1) is 8.56. The summed E-state index contributed by atoms with van der Waals surface area (Å²) in [5.41, 5.74) is 6.85. The zero-order valence-electron chi connectivity index (χ0n) is 10.5. The molecule has 0 spiro atoms. The molecule has 2 fully saturated rings. The van der Waals surface area contributed by atoms with Gasteiger partial charge in [-0.3, -0.25) is 4.79 Å². The predicted octanol–water partition coefficient (Wildman–Crippen LogP) is 1.60. The SMILES string of the molecule is Cn1cc(Br)cc1C(=O)N1CC2CCC(N)C2C1. The summed E-state index contributed by atoms with van der Waals surface area (Å²) in [6, 6.07) is 2.17. The van der Waals surface area contributed by atoms with Gasteiger partial charge in [0.15, 0.2) is 0 Å². The van der Waals surface area contributed by atoms with E-state index < -0.39 is 0 Å². The van der Waals surface area contributed by atoms with Gasteiger partial charge >= 0.3 is 0 Å². The summed E-state index contributed by atoms with van der Waals surface area (Å²) >= 11 is 3.41. The van der Waals surface area contributed by atoms with E-state index in [-0.39, 0.29) is 11.9 Å². The highest BCUT2D eigenvalue weighted by atomic mass is 79.9. The molecule has 3 atom stereocenters. The standard InChI is InChI=1S/C13H18BrN3O/c1-16-6-9(14)4-12(16)13(18)17-5-8-2-3-11(15)10(8)7-17/h4,6,8,10-11H,2-3,5,7,15H2,1H3. The molecule has 0 radical (unpaired) electrons. The zero-order chi connectivity index (χ0) is 12.9. The maximum atomic E-state index is 12.5. The van der Waals surface area contributed by atoms with Crippen LogP contribution in [-0.4, -0.2) is 34.5 Å². The van der Waals surface area contributed by atoms with Gasteiger partial charge in [0.05, 0.1) is 0 Å². The van der Waals surface area contributed by atoms with Crippen LogP contribution in [0.4, 0.5) is 0 Å². The van der Waals surface area contributed by atoms with Crippen molar-refractivity contribution in [1.29, 1.82) is 0 Å². The van der Waals surface area contributed by atoms with E-state index in [9.17, 15) is 4.79 Å². The molecule has 5 heteroatoms. The van der Waals surface area contributed by atoms with Crippen molar-refractivity contribution in [2.24, 2.45) is 24.6 Å². The van der Waals surface area contributed by atoms with Crippen molar-refractivity contribution in [2.75, 3.05) is 13.1 Å². The van der Waals surface area contributed by atoms with Crippen molar-refractivity contribution in [3.8, 4) is 0 Å². The molecule has 0 bridgehead atoms. The molecule has 1 saturated carbocycles. The Labute approximate surface area is 115 Å². The number of nitrogens with zero attached hydrogens (tertiary/aromatic N) is 2. The smallest absolute Gasteiger partial charge is 0.270 e. The topological polar surface area (TPSA) is 51.3 Å². The minimum absolute atomic E-state index is 0.129. The molecule has 2 N–H and O–H groups in total. The van der Waals surface area contributed by atoms with Gasteiger partial charge in [-0.25, -0.2) is 0 Å². The van der Waals surface area contributed by atoms with Crippen molar-refractivity contribution in [2.45, 2.75) is 18.9 Å². The third kappa shape index (κ3) is 1.89. The third-order valence-corrected chi connectivity index (χ3v) is 4.82. The number of hydrogen-bond acceptors (Lipinski definition) is 2. The molecule has 0 aromatic carbocycles. The molecule has 2 aliphatic rings. The van der Waals surface area contributed by atoms with Crippen LogP contribution in [0.15, 0.2) is 16.7 Å². The van der Waals surface area contributed by atoms with Gasteiger partial charge in [-0.15, -0.1) is 0 Å². The number of rotatable bonds is 1. The van der Waals surface area contributed by atoms with Gasteiger partial charge in [0.2, 0.25) is 0 Å². The lowest BCUT2D eigenvalue weighted by atomic mass is 9.98. The lowest BCUT2D eigenvalue weighted by Gasteiger charge is -2.19. The Morgan fingerprint density at radius 1 is 1.44 bits per heavy atom. The fourth-order valence-corrected chi connectivity index (χ4v) is 3.90. The molecule has 1 saturated heterocycles. The van der Waals surface area contributed by atoms with Crippen molar-refractivity contribution >= 4 is 21.8 Å². The molecule has 98 valence electrons. The molecule has 1 aliphatic heterocycles. The second kappa shape index (κ2) is 4.38. The Kier molecular flexibility index (Phi) is 2.98. The highest BCUT2D eigenvalue weighted by Crippen LogP contribution is 2.37. The zero-order valence-corrected chi connectivity index (χ0v) is 12.1. The fraction of sp³-hybridized carbons (Fsp3) is 0.615. The van der Waals surface area contributed by atoms with Crippen molar-refractivity contribution < 1.29 is 4.79 Å². The van der Waals surface area contributed by atoms with Crippen LogP contribution in [-0.2, 0) is 7.05 Å². The summed E-state index contributed by atoms with van der Waals surface area (Å²) in [6.45, 7) is 1.70. The number of nitrogens with two attached hydrogens (primary N) is 1. The number of halogens is 1. The molecular weight excluding hydrogens is 294 g/mol. The van der Waals surface area contributed by atoms with Gasteiger partial charge in [0, 0.05) is 36.8 Å². The lowest BCUT2D eigenvalue weighted by Crippen LogP contribution is -2.34. The largest absolute Gasteiger partial charge is 0.345 e. The monoisotopic (exact) mass is 311 g/mol. The first-order valence-electron chi connectivity index (χ1n) is 6.43. The van der Waals surface area contributed by atoms with E-state index in [2.05, 4.69) is 15.9 Å². The second-order valence-electron chi connectivity index (χ2n) is 5.53. The number of carbonyl (C=O) groups is 1. The van der Waals surface area contributed by atoms with E-state index in [1.807, 2.05) is 28.8 Å². The molecule has 3 unspecified atom stereocenters. The van der Waals surface area contributed by atoms with Gasteiger partial charge < -0.3 is 15.2 Å². The summed E-state index contributed by atoms with van der Waals surface area (Å²) in [4.78, 5) is 14.4. The van der Waals surface area contributed by atoms with Crippen LogP contribution in [0.25, 0.3) is 0 Å². The Balaban J connectivity index is 1.77. The number of fused-ring (bicyclic) bond motifs is 1. The van der Waals surface area contributed by atoms with E-state index in [0.717, 1.165) is 29.7 Å². The highest BCUT2D eigenvalue weighted by molar-refractivity contribution is 9.10. The van der Waals surface area contributed by atoms with E-state index in [1.165, 1.54) is 6.42 Å². The third-order valence-electron chi connectivity index (χ3n) is 4.39. The molecule has 1 amide bonds. The number of hydrogen-bond donors (Lipinski definition) is 1. The fourth-order valence-electron chi connectivity index (χ4n) is 3.37. The Hall–Kier alpha value is -0.810. The van der Waals surface area contributed by atoms with Crippen LogP contribution in [0.5, 0.6) is 0 Å². The molecule has 3 rings (SSSR count). The summed E-state index contributed by atoms with van der Waals surface area (Å²) in [7, 11) is 1.90. The maximum absolute atomic E-state index is 12.5. The quantitative estimate of drug-likeness (QED) is 0.856. The van der Waals surface area contributed by atoms with Gasteiger partial charge in [-0.05, 0) is 46.7 Å². The van der Waals surface area contributed by atoms with Gasteiger partial charge in [-0.2, -0.15) is 0 Å². The van der Waals surface area contributed by atoms with Gasteiger partial charge in [0.25, 0.3) is 5.91 Å². The predicted molar refractivity (Wildman–Crippen MR) is 73.2 cm³/mol. The normalized spacial score (nSPS) is 30.8. The van der Waals surface area contributed by atoms with Crippen LogP contribution in [0.2, 0.25) is 0 Å². The number of aryl methyl sites for hydroxylation is 1. The highest BCUT2D eigenvalue weighted by Gasteiger charge is 2.42. The summed E-state index contributed by atoms with van der Waals surface area (Å²) in [5, 5.41) is 0. The summed E-state index contributed by atoms with van der Waals surface area (Å²) in [6.07, 6.45) is 4.20. The molecule has 1 aromatic rings. The van der Waals surface area contributed by atoms with E-state index in [1.54, 1.807) is 0 Å². The Bertz CT molecular complexity index is 485. The van der Waals surface area contributed by atoms with Crippen LogP contribution < -0.4 is 5.73 Å². The number of aromatic nitrogens is 1. The van der Waals surface area contributed by atoms with Gasteiger partial charge in [0.1, 0.15) is 5.69 Å². The lowest BCUT2D eigenvalue weighted by molar-refractivity contribution is 0.0770. The summed E-state index contributed by atoms with van der Waals surface area (Å²) in [5.74, 6) is 1.26. The van der Waals surface area contributed by atoms with E-state index in [4.69, 9.17) is 5.73 Å². The number of carbonyl (C=O) groups excluding carboxylic acids is 1. The van der Waals surface area contributed by atoms with Crippen molar-refractivity contribution in [3.63, 3.8) is 0 Å². The minimum atomic E-state index is 0.129. The Morgan fingerprint density at radius 3 is 2.83 bits per heavy atom. The number of amides is 1. The van der Waals surface area contributed by atoms with Crippen LogP contribution in [0, 0.1) is 11.8 Å². The van der Waals surface area contributed by atoms with Crippen molar-refractivity contribution in [3.05, 3.63) is 22.4 Å². The van der Waals surface area contributed by atoms with Crippen LogP contribution in [0.3, 0.4) is 0 Å². The summed E-state index contributed by atoms with van der Waals surface area (Å²) < 4.78 is 2.82. The maximum Gasteiger partial charge on any atom is 0.270 e. The first-order valence-corrected chi connectivity index (χ1v) is 7.22. The van der Waals surface area contributed by atoms with Crippen LogP contribution in [0.1, 0.15) is 23.3 Å². The van der Waals surface area contributed by atoms with Crippen molar-refractivity contribution in [1.82, 2.24) is 9.47 Å². The number of likely N-dealkylation sites (tertiary alicyclic amines) is 1. The molecule has 1 aromatic heterocycles. The Morgan fingerprint density at radius 2 is 2.22 bits per heavy atom. The molecular formula is C13H18BrN3O. The van der Waals surface area contributed by atoms with E-state index in [0.29, 0.717) is 11.8 Å². The molecule has 2 heterocycles. The first kappa shape index (κ1) is 12.2. The molecule has 1 aliphatic carbocycles. The van der Waals surface area contributed by atoms with E-state index >= 15 is 0 Å². The van der Waals surface area contributed by atoms with Gasteiger partial charge in [-0.1, -0.05) is 0 Å². The minimum Gasteiger partial charge on any atom is -0.345 e.